The first-order chi connectivity index (χ1) is 15.3. The first-order valence-corrected chi connectivity index (χ1v) is 12.8. The molecule has 1 spiro atoms. The number of anilines is 1. The molecule has 4 rings (SSSR count). The Bertz CT molecular complexity index is 995. The zero-order chi connectivity index (χ0) is 22.8. The van der Waals surface area contributed by atoms with Crippen molar-refractivity contribution in [1.82, 2.24) is 14.5 Å². The molecule has 0 bridgehead atoms. The fourth-order valence-corrected chi connectivity index (χ4v) is 6.36. The van der Waals surface area contributed by atoms with Crippen LogP contribution in [0, 0.1) is 0 Å². The smallest absolute Gasteiger partial charge is 0.325 e. The van der Waals surface area contributed by atoms with Crippen molar-refractivity contribution in [2.45, 2.75) is 68.2 Å². The zero-order valence-corrected chi connectivity index (χ0v) is 19.0. The molecule has 3 fully saturated rings. The first-order valence-electron chi connectivity index (χ1n) is 11.4. The second-order valence-electron chi connectivity index (χ2n) is 8.82. The average Bonchev–Trinajstić information content (AvgIpc) is 3.18. The van der Waals surface area contributed by atoms with Crippen LogP contribution in [0.25, 0.3) is 0 Å². The Hall–Kier alpha value is -2.46. The SMILES string of the molecule is O=C(CCN1C(=O)NC2(CCCC2)C1=O)Nc1cccc(S(=O)(=O)N2CCCCCC2)c1. The number of carbonyl (C=O) groups is 3. The summed E-state index contributed by atoms with van der Waals surface area (Å²) in [4.78, 5) is 38.6. The fourth-order valence-electron chi connectivity index (χ4n) is 4.80. The zero-order valence-electron chi connectivity index (χ0n) is 18.1. The molecule has 32 heavy (non-hydrogen) atoms. The van der Waals surface area contributed by atoms with Crippen molar-refractivity contribution in [2.24, 2.45) is 0 Å². The Balaban J connectivity index is 1.37. The topological polar surface area (TPSA) is 116 Å². The third kappa shape index (κ3) is 4.52. The highest BCUT2D eigenvalue weighted by Crippen LogP contribution is 2.35. The molecule has 1 saturated carbocycles. The third-order valence-corrected chi connectivity index (χ3v) is 8.48. The van der Waals surface area contributed by atoms with Gasteiger partial charge in [-0.2, -0.15) is 4.31 Å². The van der Waals surface area contributed by atoms with Crippen molar-refractivity contribution < 1.29 is 22.8 Å². The number of amides is 4. The molecule has 0 aromatic heterocycles. The predicted octanol–water partition coefficient (Wildman–Crippen LogP) is 2.44. The minimum atomic E-state index is -3.62. The molecule has 0 unspecified atom stereocenters. The van der Waals surface area contributed by atoms with Gasteiger partial charge in [0, 0.05) is 31.7 Å². The van der Waals surface area contributed by atoms with E-state index < -0.39 is 21.6 Å². The van der Waals surface area contributed by atoms with Crippen LogP contribution in [0.1, 0.15) is 57.8 Å². The van der Waals surface area contributed by atoms with Crippen LogP contribution in [0.4, 0.5) is 10.5 Å². The standard InChI is InChI=1S/C22H30N4O5S/c27-19(10-15-26-20(28)22(24-21(26)29)11-3-4-12-22)23-17-8-7-9-18(16-17)32(30,31)25-13-5-1-2-6-14-25/h7-9,16H,1-6,10-15H2,(H,23,27)(H,24,29). The number of nitrogens with one attached hydrogen (secondary N) is 2. The van der Waals surface area contributed by atoms with Gasteiger partial charge in [0.25, 0.3) is 5.91 Å². The number of nitrogens with zero attached hydrogens (tertiary/aromatic N) is 2. The van der Waals surface area contributed by atoms with Crippen molar-refractivity contribution >= 4 is 33.6 Å². The maximum Gasteiger partial charge on any atom is 0.325 e. The van der Waals surface area contributed by atoms with Gasteiger partial charge < -0.3 is 10.6 Å². The Morgan fingerprint density at radius 2 is 1.72 bits per heavy atom. The van der Waals surface area contributed by atoms with Crippen molar-refractivity contribution in [1.29, 1.82) is 0 Å². The first kappa shape index (κ1) is 22.7. The van der Waals surface area contributed by atoms with E-state index >= 15 is 0 Å². The maximum atomic E-state index is 13.0. The molecular weight excluding hydrogens is 432 g/mol. The lowest BCUT2D eigenvalue weighted by molar-refractivity contribution is -0.131. The van der Waals surface area contributed by atoms with E-state index in [0.29, 0.717) is 31.6 Å². The predicted molar refractivity (Wildman–Crippen MR) is 118 cm³/mol. The van der Waals surface area contributed by atoms with Crippen LogP contribution in [-0.2, 0) is 19.6 Å². The van der Waals surface area contributed by atoms with Gasteiger partial charge in [-0.1, -0.05) is 31.7 Å². The largest absolute Gasteiger partial charge is 0.326 e. The van der Waals surface area contributed by atoms with Crippen LogP contribution < -0.4 is 10.6 Å². The molecule has 0 atom stereocenters. The summed E-state index contributed by atoms with van der Waals surface area (Å²) >= 11 is 0. The fraction of sp³-hybridized carbons (Fsp3) is 0.591. The van der Waals surface area contributed by atoms with Gasteiger partial charge in [0.15, 0.2) is 0 Å². The van der Waals surface area contributed by atoms with Crippen LogP contribution in [0.5, 0.6) is 0 Å². The minimum Gasteiger partial charge on any atom is -0.326 e. The van der Waals surface area contributed by atoms with E-state index in [2.05, 4.69) is 10.6 Å². The summed E-state index contributed by atoms with van der Waals surface area (Å²) < 4.78 is 27.5. The van der Waals surface area contributed by atoms with Gasteiger partial charge in [-0.3, -0.25) is 14.5 Å². The molecule has 1 aliphatic carbocycles. The van der Waals surface area contributed by atoms with Crippen molar-refractivity contribution in [2.75, 3.05) is 25.0 Å². The normalized spacial score (nSPS) is 21.6. The molecule has 1 aromatic rings. The summed E-state index contributed by atoms with van der Waals surface area (Å²) in [6.45, 7) is 1.00. The van der Waals surface area contributed by atoms with Crippen LogP contribution in [0.3, 0.4) is 0 Å². The second kappa shape index (κ2) is 9.19. The van der Waals surface area contributed by atoms with Gasteiger partial charge in [0.2, 0.25) is 15.9 Å². The van der Waals surface area contributed by atoms with Gasteiger partial charge in [-0.25, -0.2) is 13.2 Å². The van der Waals surface area contributed by atoms with E-state index in [-0.39, 0.29) is 29.7 Å². The van der Waals surface area contributed by atoms with Crippen molar-refractivity contribution in [3.63, 3.8) is 0 Å². The molecule has 2 aliphatic heterocycles. The highest BCUT2D eigenvalue weighted by molar-refractivity contribution is 7.89. The van der Waals surface area contributed by atoms with E-state index in [0.717, 1.165) is 43.4 Å². The van der Waals surface area contributed by atoms with Crippen molar-refractivity contribution in [3.8, 4) is 0 Å². The Morgan fingerprint density at radius 3 is 2.41 bits per heavy atom. The Kier molecular flexibility index (Phi) is 6.52. The summed E-state index contributed by atoms with van der Waals surface area (Å²) in [7, 11) is -3.62. The van der Waals surface area contributed by atoms with Crippen molar-refractivity contribution in [3.05, 3.63) is 24.3 Å². The second-order valence-corrected chi connectivity index (χ2v) is 10.8. The number of urea groups is 1. The van der Waals surface area contributed by atoms with Gasteiger partial charge >= 0.3 is 6.03 Å². The Labute approximate surface area is 188 Å². The highest BCUT2D eigenvalue weighted by Gasteiger charge is 2.52. The number of hydrogen-bond donors (Lipinski definition) is 2. The number of imide groups is 1. The molecular formula is C22H30N4O5S. The third-order valence-electron chi connectivity index (χ3n) is 6.59. The molecule has 10 heteroatoms. The van der Waals surface area contributed by atoms with Gasteiger partial charge in [-0.15, -0.1) is 0 Å². The number of hydrogen-bond acceptors (Lipinski definition) is 5. The lowest BCUT2D eigenvalue weighted by atomic mass is 9.98. The molecule has 174 valence electrons. The quantitative estimate of drug-likeness (QED) is 0.630. The van der Waals surface area contributed by atoms with E-state index in [1.54, 1.807) is 12.1 Å². The molecule has 3 aliphatic rings. The monoisotopic (exact) mass is 462 g/mol. The summed E-state index contributed by atoms with van der Waals surface area (Å²) in [5.74, 6) is -0.638. The highest BCUT2D eigenvalue weighted by atomic mass is 32.2. The molecule has 2 N–H and O–H groups in total. The lowest BCUT2D eigenvalue weighted by Gasteiger charge is -2.20. The van der Waals surface area contributed by atoms with E-state index in [1.807, 2.05) is 0 Å². The summed E-state index contributed by atoms with van der Waals surface area (Å²) in [5, 5.41) is 5.49. The molecule has 1 aromatic carbocycles. The summed E-state index contributed by atoms with van der Waals surface area (Å²) in [6.07, 6.45) is 6.77. The summed E-state index contributed by atoms with van der Waals surface area (Å²) in [5.41, 5.74) is -0.417. The van der Waals surface area contributed by atoms with E-state index in [9.17, 15) is 22.8 Å². The molecule has 0 radical (unpaired) electrons. The Morgan fingerprint density at radius 1 is 1.03 bits per heavy atom. The number of carbonyl (C=O) groups excluding carboxylic acids is 3. The van der Waals surface area contributed by atoms with Crippen LogP contribution in [-0.4, -0.2) is 60.6 Å². The summed E-state index contributed by atoms with van der Waals surface area (Å²) in [6, 6.07) is 5.77. The van der Waals surface area contributed by atoms with Gasteiger partial charge in [-0.05, 0) is 43.9 Å². The van der Waals surface area contributed by atoms with Crippen LogP contribution in [0.2, 0.25) is 0 Å². The lowest BCUT2D eigenvalue weighted by Crippen LogP contribution is -2.44. The minimum absolute atomic E-state index is 0.00990. The maximum absolute atomic E-state index is 13.0. The van der Waals surface area contributed by atoms with Crippen LogP contribution >= 0.6 is 0 Å². The molecule has 9 nitrogen and oxygen atoms in total. The molecule has 2 heterocycles. The average molecular weight is 463 g/mol. The molecule has 4 amide bonds. The van der Waals surface area contributed by atoms with Crippen LogP contribution in [0.15, 0.2) is 29.2 Å². The van der Waals surface area contributed by atoms with Gasteiger partial charge in [0.1, 0.15) is 5.54 Å². The van der Waals surface area contributed by atoms with E-state index in [4.69, 9.17) is 0 Å². The number of benzene rings is 1. The number of rotatable bonds is 6. The molecule has 2 saturated heterocycles. The van der Waals surface area contributed by atoms with Gasteiger partial charge in [0.05, 0.1) is 4.90 Å². The van der Waals surface area contributed by atoms with E-state index in [1.165, 1.54) is 16.4 Å². The number of sulfonamides is 1.